The third-order valence-electron chi connectivity index (χ3n) is 9.56. The van der Waals surface area contributed by atoms with Gasteiger partial charge in [0.2, 0.25) is 0 Å². The smallest absolute Gasteiger partial charge is 0.307 e. The number of para-hydroxylation sites is 1. The monoisotopic (exact) mass is 614 g/mol. The van der Waals surface area contributed by atoms with Gasteiger partial charge in [0, 0.05) is 5.92 Å². The molecule has 2 unspecified atom stereocenters. The minimum Gasteiger partial charge on any atom is -0.488 e. The largest absolute Gasteiger partial charge is 0.488 e. The second-order valence-electron chi connectivity index (χ2n) is 13.4. The minimum absolute atomic E-state index is 0.00723. The van der Waals surface area contributed by atoms with Crippen molar-refractivity contribution in [2.75, 3.05) is 0 Å². The van der Waals surface area contributed by atoms with Crippen molar-refractivity contribution in [1.29, 1.82) is 0 Å². The van der Waals surface area contributed by atoms with Gasteiger partial charge in [-0.3, -0.25) is 4.79 Å². The molecule has 0 saturated carbocycles. The van der Waals surface area contributed by atoms with Gasteiger partial charge in [0.25, 0.3) is 0 Å². The third kappa shape index (κ3) is 11.0. The van der Waals surface area contributed by atoms with Crippen LogP contribution in [-0.2, 0) is 13.6 Å². The van der Waals surface area contributed by atoms with Crippen LogP contribution >= 0.6 is 0 Å². The van der Waals surface area contributed by atoms with E-state index in [9.17, 15) is 4.79 Å². The van der Waals surface area contributed by atoms with Crippen molar-refractivity contribution in [2.24, 2.45) is 5.92 Å². The van der Waals surface area contributed by atoms with Gasteiger partial charge in [-0.15, -0.1) is 5.73 Å². The third-order valence-corrected chi connectivity index (χ3v) is 18.7. The summed E-state index contributed by atoms with van der Waals surface area (Å²) in [5, 5.41) is 9.02. The molecule has 0 heterocycles. The Morgan fingerprint density at radius 1 is 1.10 bits per heavy atom. The highest BCUT2D eigenvalue weighted by atomic mass is 28.4. The van der Waals surface area contributed by atoms with Gasteiger partial charge in [-0.2, -0.15) is 0 Å². The molecule has 0 fully saturated rings. The van der Waals surface area contributed by atoms with Crippen LogP contribution in [0.2, 0.25) is 36.3 Å². The van der Waals surface area contributed by atoms with Crippen LogP contribution in [0, 0.1) is 5.92 Å². The molecule has 236 valence electrons. The Bertz CT molecular complexity index is 1040. The second kappa shape index (κ2) is 16.8. The van der Waals surface area contributed by atoms with Crippen LogP contribution in [0.4, 0.5) is 0 Å². The number of carbonyl (C=O) groups is 1. The van der Waals surface area contributed by atoms with E-state index in [1.807, 2.05) is 36.4 Å². The lowest BCUT2D eigenvalue weighted by Crippen LogP contribution is -2.47. The lowest BCUT2D eigenvalue weighted by atomic mass is 9.90. The molecule has 1 aliphatic rings. The van der Waals surface area contributed by atoms with Crippen LogP contribution < -0.4 is 4.74 Å². The maximum atomic E-state index is 10.8. The maximum Gasteiger partial charge on any atom is 0.307 e. The average molecular weight is 615 g/mol. The van der Waals surface area contributed by atoms with Crippen LogP contribution in [0.25, 0.3) is 0 Å². The van der Waals surface area contributed by atoms with Crippen LogP contribution in [0.1, 0.15) is 87.0 Å². The molecule has 0 bridgehead atoms. The molecule has 7 heteroatoms. The zero-order chi connectivity index (χ0) is 31.4. The Morgan fingerprint density at radius 2 is 1.74 bits per heavy atom. The second-order valence-corrected chi connectivity index (χ2v) is 22.8. The number of benzene rings is 1. The maximum absolute atomic E-state index is 10.8. The summed E-state index contributed by atoms with van der Waals surface area (Å²) in [6.07, 6.45) is 10.8. The summed E-state index contributed by atoms with van der Waals surface area (Å²) in [5.41, 5.74) is 4.54. The number of hydrogen-bond acceptors (Lipinski definition) is 4. The fourth-order valence-corrected chi connectivity index (χ4v) is 9.87. The predicted molar refractivity (Wildman–Crippen MR) is 180 cm³/mol. The number of aliphatic carboxylic acids is 1. The number of carboxylic acids is 1. The fraction of sp³-hybridized carbons (Fsp3) is 0.657. The van der Waals surface area contributed by atoms with E-state index < -0.39 is 22.6 Å². The van der Waals surface area contributed by atoms with Crippen molar-refractivity contribution in [3.63, 3.8) is 0 Å². The molecular formula is C35H58O5Si2. The van der Waals surface area contributed by atoms with E-state index >= 15 is 0 Å². The fourth-order valence-electron chi connectivity index (χ4n) is 5.55. The standard InChI is InChI=1S/C35H58O5Si2/c1-10-42(11-2,12-3)40-33-27-25-29(31(33)22-18-13-14-19-23-34(36)37)24-26-32(39-41(8,9)35(5,6)7)28(4)38-30-20-16-15-17-21-30/h13,15-17,19-21,25,28,31-33H,10-12,18,22-24,26-27H2,1-9H3,(H,36,37)/t14?,28?,31-,32?,33+/m1/s1. The minimum atomic E-state index is -2.02. The highest BCUT2D eigenvalue weighted by Gasteiger charge is 2.42. The molecule has 2 rings (SSSR count). The van der Waals surface area contributed by atoms with Crippen LogP contribution in [-0.4, -0.2) is 46.0 Å². The summed E-state index contributed by atoms with van der Waals surface area (Å²) in [6.45, 7) is 20.6. The first kappa shape index (κ1) is 36.3. The van der Waals surface area contributed by atoms with Gasteiger partial charge in [-0.05, 0) is 99.6 Å². The zero-order valence-corrected chi connectivity index (χ0v) is 29.9. The molecule has 0 amide bonds. The van der Waals surface area contributed by atoms with Crippen molar-refractivity contribution in [1.82, 2.24) is 0 Å². The Kier molecular flexibility index (Phi) is 14.5. The van der Waals surface area contributed by atoms with Gasteiger partial charge in [-0.25, -0.2) is 0 Å². The lowest BCUT2D eigenvalue weighted by molar-refractivity contribution is -0.136. The predicted octanol–water partition coefficient (Wildman–Crippen LogP) is 9.93. The highest BCUT2D eigenvalue weighted by Crippen LogP contribution is 2.41. The Hall–Kier alpha value is -1.90. The summed E-state index contributed by atoms with van der Waals surface area (Å²) in [6, 6.07) is 13.5. The topological polar surface area (TPSA) is 65.0 Å². The van der Waals surface area contributed by atoms with Crippen LogP contribution in [0.5, 0.6) is 5.75 Å². The summed E-state index contributed by atoms with van der Waals surface area (Å²) in [4.78, 5) is 10.8. The van der Waals surface area contributed by atoms with Crippen LogP contribution in [0.3, 0.4) is 0 Å². The van der Waals surface area contributed by atoms with E-state index in [0.717, 1.165) is 56.0 Å². The average Bonchev–Trinajstić information content (AvgIpc) is 3.31. The van der Waals surface area contributed by atoms with E-state index in [-0.39, 0.29) is 29.8 Å². The van der Waals surface area contributed by atoms with E-state index in [2.05, 4.69) is 73.4 Å². The van der Waals surface area contributed by atoms with Crippen molar-refractivity contribution in [3.8, 4) is 5.75 Å². The molecule has 1 aliphatic carbocycles. The molecule has 1 N–H and O–H groups in total. The SMILES string of the molecule is CC[Si](CC)(CC)O[C@H]1CC=C(CCC(O[Si](C)(C)C(C)(C)C)C(C)Oc2ccccc2)[C@H]1CCC=C=CCC(=O)O. The number of rotatable bonds is 18. The number of ether oxygens (including phenoxy) is 1. The number of hydrogen-bond donors (Lipinski definition) is 1. The van der Waals surface area contributed by atoms with Gasteiger partial charge in [0.05, 0.1) is 18.6 Å². The van der Waals surface area contributed by atoms with Crippen LogP contribution in [0.15, 0.2) is 59.9 Å². The molecule has 0 aliphatic heterocycles. The van der Waals surface area contributed by atoms with Gasteiger partial charge in [-0.1, -0.05) is 71.4 Å². The normalized spacial score (nSPS) is 19.0. The summed E-state index contributed by atoms with van der Waals surface area (Å²) in [5.74, 6) is 0.409. The first-order chi connectivity index (χ1) is 19.8. The summed E-state index contributed by atoms with van der Waals surface area (Å²) in [7, 11) is -3.78. The van der Waals surface area contributed by atoms with Crippen molar-refractivity contribution in [3.05, 3.63) is 59.9 Å². The molecule has 5 nitrogen and oxygen atoms in total. The van der Waals surface area contributed by atoms with Gasteiger partial charge in [0.1, 0.15) is 11.9 Å². The molecular weight excluding hydrogens is 557 g/mol. The molecule has 0 saturated heterocycles. The van der Waals surface area contributed by atoms with E-state index in [0.29, 0.717) is 5.92 Å². The quantitative estimate of drug-likeness (QED) is 0.101. The van der Waals surface area contributed by atoms with Crippen molar-refractivity contribution < 1.29 is 23.5 Å². The van der Waals surface area contributed by atoms with E-state index in [4.69, 9.17) is 18.7 Å². The molecule has 42 heavy (non-hydrogen) atoms. The molecule has 1 aromatic carbocycles. The highest BCUT2D eigenvalue weighted by molar-refractivity contribution is 6.74. The Labute approximate surface area is 258 Å². The molecule has 4 atom stereocenters. The first-order valence-corrected chi connectivity index (χ1v) is 21.6. The first-order valence-electron chi connectivity index (χ1n) is 16.1. The molecule has 0 aromatic heterocycles. The van der Waals surface area contributed by atoms with Crippen molar-refractivity contribution >= 4 is 22.6 Å². The number of carboxylic acid groups (broad SMARTS) is 1. The lowest BCUT2D eigenvalue weighted by Gasteiger charge is -2.41. The molecule has 0 radical (unpaired) electrons. The van der Waals surface area contributed by atoms with Gasteiger partial charge in [0.15, 0.2) is 16.6 Å². The van der Waals surface area contributed by atoms with E-state index in [1.54, 1.807) is 6.08 Å². The summed E-state index contributed by atoms with van der Waals surface area (Å²) >= 11 is 0. The van der Waals surface area contributed by atoms with Gasteiger partial charge < -0.3 is 18.7 Å². The zero-order valence-electron chi connectivity index (χ0n) is 27.9. The Morgan fingerprint density at radius 3 is 2.31 bits per heavy atom. The van der Waals surface area contributed by atoms with E-state index in [1.165, 1.54) is 5.57 Å². The Balaban J connectivity index is 2.24. The molecule has 0 spiro atoms. The van der Waals surface area contributed by atoms with Gasteiger partial charge >= 0.3 is 5.97 Å². The molecule has 1 aromatic rings. The van der Waals surface area contributed by atoms with Crippen molar-refractivity contribution in [2.45, 2.75) is 142 Å². The summed E-state index contributed by atoms with van der Waals surface area (Å²) < 4.78 is 20.5.